The number of fused-ring (bicyclic) bond motifs is 1. The average Bonchev–Trinajstić information content (AvgIpc) is 3.20. The van der Waals surface area contributed by atoms with Crippen LogP contribution >= 0.6 is 0 Å². The molecule has 1 aliphatic heterocycles. The molecule has 2 aromatic heterocycles. The van der Waals surface area contributed by atoms with Crippen LogP contribution in [-0.4, -0.2) is 45.2 Å². The molecule has 2 aliphatic rings. The van der Waals surface area contributed by atoms with E-state index in [1.807, 2.05) is 52.0 Å². The second-order valence-electron chi connectivity index (χ2n) is 8.41. The van der Waals surface area contributed by atoms with Gasteiger partial charge in [-0.25, -0.2) is 4.98 Å². The number of hydrogen-bond donors (Lipinski definition) is 1. The fourth-order valence-corrected chi connectivity index (χ4v) is 4.58. The van der Waals surface area contributed by atoms with Crippen molar-refractivity contribution in [3.63, 3.8) is 0 Å². The zero-order chi connectivity index (χ0) is 20.5. The van der Waals surface area contributed by atoms with Gasteiger partial charge >= 0.3 is 0 Å². The summed E-state index contributed by atoms with van der Waals surface area (Å²) in [5.74, 6) is 0.493. The highest BCUT2D eigenvalue weighted by atomic mass is 16.2. The number of likely N-dealkylation sites (tertiary alicyclic amines) is 1. The van der Waals surface area contributed by atoms with E-state index in [0.29, 0.717) is 18.7 Å². The fourth-order valence-electron chi connectivity index (χ4n) is 4.58. The van der Waals surface area contributed by atoms with Gasteiger partial charge in [-0.05, 0) is 37.0 Å². The van der Waals surface area contributed by atoms with Gasteiger partial charge in [-0.3, -0.25) is 9.59 Å². The Morgan fingerprint density at radius 3 is 2.63 bits per heavy atom. The largest absolute Gasteiger partial charge is 0.351 e. The molecule has 2 amide bonds. The molecule has 0 bridgehead atoms. The molecule has 2 atom stereocenters. The lowest BCUT2D eigenvalue weighted by Crippen LogP contribution is -2.54. The second kappa shape index (κ2) is 7.94. The number of pyridine rings is 1. The first kappa shape index (κ1) is 18.9. The van der Waals surface area contributed by atoms with E-state index in [2.05, 4.69) is 22.4 Å². The number of imidazole rings is 1. The smallest absolute Gasteiger partial charge is 0.255 e. The number of rotatable bonds is 4. The molecule has 2 fully saturated rings. The van der Waals surface area contributed by atoms with Gasteiger partial charge < -0.3 is 14.6 Å². The highest BCUT2D eigenvalue weighted by molar-refractivity contribution is 5.94. The Hall–Kier alpha value is -3.15. The number of aromatic nitrogens is 2. The molecule has 1 saturated heterocycles. The molecule has 1 N–H and O–H groups in total. The summed E-state index contributed by atoms with van der Waals surface area (Å²) in [5, 5.41) is 3.28. The van der Waals surface area contributed by atoms with E-state index in [1.54, 1.807) is 6.20 Å². The Morgan fingerprint density at radius 1 is 1.03 bits per heavy atom. The van der Waals surface area contributed by atoms with E-state index in [0.717, 1.165) is 31.3 Å². The Labute approximate surface area is 175 Å². The molecule has 6 heteroatoms. The fraction of sp³-hybridized carbons (Fsp3) is 0.375. The summed E-state index contributed by atoms with van der Waals surface area (Å²) in [6.45, 7) is 1.20. The van der Waals surface area contributed by atoms with E-state index in [4.69, 9.17) is 0 Å². The van der Waals surface area contributed by atoms with Crippen molar-refractivity contribution < 1.29 is 9.59 Å². The molecule has 1 saturated carbocycles. The van der Waals surface area contributed by atoms with E-state index in [1.165, 1.54) is 5.56 Å². The Balaban J connectivity index is 1.37. The maximum absolute atomic E-state index is 13.2. The molecule has 5 rings (SSSR count). The van der Waals surface area contributed by atoms with E-state index >= 15 is 0 Å². The third-order valence-electron chi connectivity index (χ3n) is 6.57. The van der Waals surface area contributed by atoms with Gasteiger partial charge in [0.25, 0.3) is 5.91 Å². The number of benzene rings is 1. The minimum absolute atomic E-state index is 0.00000446. The van der Waals surface area contributed by atoms with Crippen LogP contribution in [0, 0.1) is 5.92 Å². The van der Waals surface area contributed by atoms with Gasteiger partial charge in [-0.1, -0.05) is 36.8 Å². The van der Waals surface area contributed by atoms with Crippen LogP contribution in [0.25, 0.3) is 5.65 Å². The highest BCUT2D eigenvalue weighted by Gasteiger charge is 2.36. The van der Waals surface area contributed by atoms with E-state index in [9.17, 15) is 9.59 Å². The molecule has 1 aromatic carbocycles. The van der Waals surface area contributed by atoms with Gasteiger partial charge in [0.15, 0.2) is 0 Å². The van der Waals surface area contributed by atoms with Crippen molar-refractivity contribution >= 4 is 17.5 Å². The number of nitrogens with one attached hydrogen (secondary N) is 1. The van der Waals surface area contributed by atoms with E-state index < -0.39 is 0 Å². The van der Waals surface area contributed by atoms with Crippen LogP contribution in [0.5, 0.6) is 0 Å². The van der Waals surface area contributed by atoms with Gasteiger partial charge in [0.2, 0.25) is 5.91 Å². The summed E-state index contributed by atoms with van der Waals surface area (Å²) in [7, 11) is 0. The van der Waals surface area contributed by atoms with Gasteiger partial charge in [-0.15, -0.1) is 0 Å². The number of carbonyl (C=O) groups excluding carboxylic acids is 2. The quantitative estimate of drug-likeness (QED) is 0.729. The molecular formula is C24H26N4O2. The Kier molecular flexibility index (Phi) is 4.99. The number of nitrogens with zero attached hydrogens (tertiary/aromatic N) is 3. The van der Waals surface area contributed by atoms with Crippen molar-refractivity contribution in [1.82, 2.24) is 19.6 Å². The van der Waals surface area contributed by atoms with Crippen LogP contribution in [0.4, 0.5) is 0 Å². The molecule has 0 spiro atoms. The summed E-state index contributed by atoms with van der Waals surface area (Å²) in [5.41, 5.74) is 2.69. The summed E-state index contributed by atoms with van der Waals surface area (Å²) < 4.78 is 1.86. The van der Waals surface area contributed by atoms with Crippen molar-refractivity contribution in [2.45, 2.75) is 37.6 Å². The van der Waals surface area contributed by atoms with Gasteiger partial charge in [-0.2, -0.15) is 0 Å². The molecule has 1 aliphatic carbocycles. The molecule has 0 unspecified atom stereocenters. The third-order valence-corrected chi connectivity index (χ3v) is 6.57. The monoisotopic (exact) mass is 402 g/mol. The van der Waals surface area contributed by atoms with Crippen molar-refractivity contribution in [3.8, 4) is 0 Å². The van der Waals surface area contributed by atoms with Gasteiger partial charge in [0.05, 0.1) is 11.6 Å². The number of hydrogen-bond acceptors (Lipinski definition) is 3. The number of carbonyl (C=O) groups is 2. The zero-order valence-corrected chi connectivity index (χ0v) is 16.9. The van der Waals surface area contributed by atoms with Gasteiger partial charge in [0.1, 0.15) is 5.65 Å². The van der Waals surface area contributed by atoms with Crippen molar-refractivity contribution in [1.29, 1.82) is 0 Å². The SMILES string of the molecule is O=C(N[C@H]1CN(C(=O)c2ccc3nccn3c2)CC[C@H]1c1ccccc1)C1CCC1. The maximum Gasteiger partial charge on any atom is 0.255 e. The van der Waals surface area contributed by atoms with Crippen LogP contribution in [-0.2, 0) is 4.79 Å². The predicted molar refractivity (Wildman–Crippen MR) is 114 cm³/mol. The minimum Gasteiger partial charge on any atom is -0.351 e. The molecule has 154 valence electrons. The summed E-state index contributed by atoms with van der Waals surface area (Å²) >= 11 is 0. The molecule has 3 aromatic rings. The Bertz CT molecular complexity index is 1060. The first-order valence-electron chi connectivity index (χ1n) is 10.8. The molecule has 0 radical (unpaired) electrons. The van der Waals surface area contributed by atoms with Crippen LogP contribution < -0.4 is 5.32 Å². The maximum atomic E-state index is 13.2. The highest BCUT2D eigenvalue weighted by Crippen LogP contribution is 2.31. The van der Waals surface area contributed by atoms with Crippen LogP contribution in [0.2, 0.25) is 0 Å². The van der Waals surface area contributed by atoms with Crippen molar-refractivity contribution in [3.05, 3.63) is 72.2 Å². The van der Waals surface area contributed by atoms with Gasteiger partial charge in [0, 0.05) is 43.5 Å². The van der Waals surface area contributed by atoms with Crippen molar-refractivity contribution in [2.24, 2.45) is 5.92 Å². The van der Waals surface area contributed by atoms with Crippen LogP contribution in [0.15, 0.2) is 61.1 Å². The van der Waals surface area contributed by atoms with Crippen LogP contribution in [0.1, 0.15) is 47.5 Å². The molecule has 30 heavy (non-hydrogen) atoms. The first-order valence-corrected chi connectivity index (χ1v) is 10.8. The summed E-state index contributed by atoms with van der Waals surface area (Å²) in [6.07, 6.45) is 9.31. The number of piperidine rings is 1. The lowest BCUT2D eigenvalue weighted by Gasteiger charge is -2.40. The lowest BCUT2D eigenvalue weighted by molar-refractivity contribution is -0.128. The standard InChI is InChI=1S/C24H26N4O2/c29-23(18-7-4-8-18)26-21-16-28(13-11-20(21)17-5-2-1-3-6-17)24(30)19-9-10-22-25-12-14-27(22)15-19/h1-3,5-6,9-10,12,14-15,18,20-21H,4,7-8,11,13,16H2,(H,26,29)/t20-,21-/m0/s1. The lowest BCUT2D eigenvalue weighted by atomic mass is 9.82. The summed E-state index contributed by atoms with van der Waals surface area (Å²) in [6, 6.07) is 14.0. The van der Waals surface area contributed by atoms with Crippen LogP contribution in [0.3, 0.4) is 0 Å². The predicted octanol–water partition coefficient (Wildman–Crippen LogP) is 3.25. The topological polar surface area (TPSA) is 66.7 Å². The number of amides is 2. The summed E-state index contributed by atoms with van der Waals surface area (Å²) in [4.78, 5) is 32.0. The zero-order valence-electron chi connectivity index (χ0n) is 16.9. The first-order chi connectivity index (χ1) is 14.7. The minimum atomic E-state index is -0.0739. The Morgan fingerprint density at radius 2 is 1.87 bits per heavy atom. The van der Waals surface area contributed by atoms with Crippen molar-refractivity contribution in [2.75, 3.05) is 13.1 Å². The normalized spacial score (nSPS) is 21.9. The third kappa shape index (κ3) is 3.58. The molecular weight excluding hydrogens is 376 g/mol. The molecule has 6 nitrogen and oxygen atoms in total. The average molecular weight is 402 g/mol. The molecule has 3 heterocycles. The van der Waals surface area contributed by atoms with E-state index in [-0.39, 0.29) is 29.7 Å². The second-order valence-corrected chi connectivity index (χ2v) is 8.41.